The summed E-state index contributed by atoms with van der Waals surface area (Å²) in [7, 11) is 0. The molecule has 0 aliphatic heterocycles. The lowest BCUT2D eigenvalue weighted by atomic mass is 10.1. The van der Waals surface area contributed by atoms with Crippen LogP contribution in [0.15, 0.2) is 64.3 Å². The van der Waals surface area contributed by atoms with Gasteiger partial charge in [-0.1, -0.05) is 25.1 Å². The summed E-state index contributed by atoms with van der Waals surface area (Å²) >= 11 is 0. The minimum atomic E-state index is -0.207. The van der Waals surface area contributed by atoms with E-state index in [-0.39, 0.29) is 5.56 Å². The summed E-state index contributed by atoms with van der Waals surface area (Å²) in [6, 6.07) is 7.56. The molecule has 0 atom stereocenters. The van der Waals surface area contributed by atoms with Crippen LogP contribution in [0.4, 0.5) is 0 Å². The van der Waals surface area contributed by atoms with Gasteiger partial charge in [0, 0.05) is 23.7 Å². The topological polar surface area (TPSA) is 95.3 Å². The van der Waals surface area contributed by atoms with Crippen LogP contribution >= 0.6 is 0 Å². The first-order valence-corrected chi connectivity index (χ1v) is 10.0. The van der Waals surface area contributed by atoms with Crippen LogP contribution < -0.4 is 10.9 Å². The molecule has 7 nitrogen and oxygen atoms in total. The first-order valence-electron chi connectivity index (χ1n) is 10.0. The third-order valence-electron chi connectivity index (χ3n) is 5.40. The molecule has 0 unspecified atom stereocenters. The first kappa shape index (κ1) is 19.7. The van der Waals surface area contributed by atoms with E-state index < -0.39 is 0 Å². The van der Waals surface area contributed by atoms with Crippen molar-refractivity contribution in [3.63, 3.8) is 0 Å². The molecule has 154 valence electrons. The number of hydrogen-bond donors (Lipinski definition) is 3. The fourth-order valence-corrected chi connectivity index (χ4v) is 3.42. The average Bonchev–Trinajstić information content (AvgIpc) is 3.07. The van der Waals surface area contributed by atoms with Gasteiger partial charge in [0.25, 0.3) is 11.3 Å². The highest BCUT2D eigenvalue weighted by Gasteiger charge is 2.12. The summed E-state index contributed by atoms with van der Waals surface area (Å²) in [5.74, 6) is 1.27. The Bertz CT molecular complexity index is 1260. The highest BCUT2D eigenvalue weighted by atomic mass is 16.3. The number of nitrogens with zero attached hydrogens (tertiary/aromatic N) is 3. The summed E-state index contributed by atoms with van der Waals surface area (Å²) in [4.78, 5) is 21.6. The maximum atomic E-state index is 12.6. The molecule has 0 spiro atoms. The second-order valence-corrected chi connectivity index (χ2v) is 7.52. The lowest BCUT2D eigenvalue weighted by molar-refractivity contribution is 0.421. The molecule has 0 radical (unpaired) electrons. The van der Waals surface area contributed by atoms with E-state index in [0.717, 1.165) is 28.8 Å². The van der Waals surface area contributed by atoms with Crippen molar-refractivity contribution in [2.45, 2.75) is 40.2 Å². The fourth-order valence-electron chi connectivity index (χ4n) is 3.42. The number of hydrogen-bond acceptors (Lipinski definition) is 5. The van der Waals surface area contributed by atoms with Gasteiger partial charge in [0.05, 0.1) is 12.2 Å². The van der Waals surface area contributed by atoms with Gasteiger partial charge in [0.2, 0.25) is 0 Å². The zero-order valence-electron chi connectivity index (χ0n) is 17.4. The van der Waals surface area contributed by atoms with Gasteiger partial charge >= 0.3 is 0 Å². The molecule has 0 fully saturated rings. The van der Waals surface area contributed by atoms with Gasteiger partial charge in [0.1, 0.15) is 5.76 Å². The SMILES string of the molecule is CCC1=C(O)C=CC=C(NCc2cc(=O)n3[nH]c(-c4ccc(C)c(C)c4)nc3n2)C1. The molecule has 2 aromatic heterocycles. The Morgan fingerprint density at radius 3 is 2.80 bits per heavy atom. The van der Waals surface area contributed by atoms with Crippen molar-refractivity contribution in [3.8, 4) is 11.4 Å². The Morgan fingerprint density at radius 1 is 1.20 bits per heavy atom. The van der Waals surface area contributed by atoms with Gasteiger partial charge in [-0.25, -0.2) is 4.98 Å². The van der Waals surface area contributed by atoms with Crippen LogP contribution in [0.5, 0.6) is 0 Å². The maximum Gasteiger partial charge on any atom is 0.274 e. The summed E-state index contributed by atoms with van der Waals surface area (Å²) in [5.41, 5.74) is 5.62. The van der Waals surface area contributed by atoms with Crippen molar-refractivity contribution in [2.24, 2.45) is 0 Å². The zero-order chi connectivity index (χ0) is 21.3. The Balaban J connectivity index is 1.57. The number of rotatable bonds is 5. The third kappa shape index (κ3) is 3.91. The number of aromatic amines is 1. The fraction of sp³-hybridized carbons (Fsp3) is 0.261. The van der Waals surface area contributed by atoms with Gasteiger partial charge in [-0.15, -0.1) is 0 Å². The Hall–Kier alpha value is -3.61. The van der Waals surface area contributed by atoms with E-state index in [1.807, 2.05) is 44.2 Å². The Morgan fingerprint density at radius 2 is 2.03 bits per heavy atom. The lowest BCUT2D eigenvalue weighted by Crippen LogP contribution is -2.20. The third-order valence-corrected chi connectivity index (χ3v) is 5.40. The zero-order valence-corrected chi connectivity index (χ0v) is 17.4. The molecule has 3 N–H and O–H groups in total. The first-order chi connectivity index (χ1) is 14.4. The standard InChI is InChI=1S/C23H25N5O2/c1-4-16-11-18(6-5-7-20(16)29)24-13-19-12-21(30)28-23(25-19)26-22(27-28)17-9-8-14(2)15(3)10-17/h5-10,12,24,29H,4,11,13H2,1-3H3,(H,25,26,27). The molecule has 1 aromatic carbocycles. The molecular weight excluding hydrogens is 378 g/mol. The van der Waals surface area contributed by atoms with Crippen LogP contribution in [0.1, 0.15) is 36.6 Å². The van der Waals surface area contributed by atoms with Crippen LogP contribution in [0.3, 0.4) is 0 Å². The Labute approximate surface area is 174 Å². The summed E-state index contributed by atoms with van der Waals surface area (Å²) in [5, 5.41) is 16.4. The predicted molar refractivity (Wildman–Crippen MR) is 117 cm³/mol. The molecule has 4 rings (SSSR count). The maximum absolute atomic E-state index is 12.6. The van der Waals surface area contributed by atoms with E-state index in [4.69, 9.17) is 0 Å². The van der Waals surface area contributed by atoms with Crippen LogP contribution in [-0.2, 0) is 6.54 Å². The van der Waals surface area contributed by atoms with E-state index >= 15 is 0 Å². The second kappa shape index (κ2) is 8.02. The summed E-state index contributed by atoms with van der Waals surface area (Å²) < 4.78 is 1.36. The van der Waals surface area contributed by atoms with Gasteiger partial charge < -0.3 is 10.4 Å². The second-order valence-electron chi connectivity index (χ2n) is 7.52. The average molecular weight is 403 g/mol. The molecule has 0 saturated carbocycles. The lowest BCUT2D eigenvalue weighted by Gasteiger charge is -2.11. The van der Waals surface area contributed by atoms with Gasteiger partial charge in [0.15, 0.2) is 5.82 Å². The van der Waals surface area contributed by atoms with Crippen LogP contribution in [0.25, 0.3) is 17.2 Å². The number of H-pyrrole nitrogens is 1. The molecule has 1 aliphatic carbocycles. The molecule has 30 heavy (non-hydrogen) atoms. The number of aliphatic hydroxyl groups is 1. The highest BCUT2D eigenvalue weighted by Crippen LogP contribution is 2.21. The summed E-state index contributed by atoms with van der Waals surface area (Å²) in [6.45, 7) is 6.52. The summed E-state index contributed by atoms with van der Waals surface area (Å²) in [6.07, 6.45) is 6.85. The molecule has 0 bridgehead atoms. The number of aromatic nitrogens is 4. The number of aryl methyl sites for hydroxylation is 2. The van der Waals surface area contributed by atoms with Crippen molar-refractivity contribution in [2.75, 3.05) is 0 Å². The van der Waals surface area contributed by atoms with Crippen molar-refractivity contribution in [1.29, 1.82) is 0 Å². The minimum absolute atomic E-state index is 0.207. The number of aliphatic hydroxyl groups excluding tert-OH is 1. The van der Waals surface area contributed by atoms with E-state index in [9.17, 15) is 9.90 Å². The highest BCUT2D eigenvalue weighted by molar-refractivity contribution is 5.59. The molecule has 3 aromatic rings. The van der Waals surface area contributed by atoms with Gasteiger partial charge in [-0.05, 0) is 55.2 Å². The molecule has 0 amide bonds. The van der Waals surface area contributed by atoms with Crippen molar-refractivity contribution >= 4 is 5.78 Å². The number of nitrogens with one attached hydrogen (secondary N) is 2. The molecule has 7 heteroatoms. The molecule has 2 heterocycles. The van der Waals surface area contributed by atoms with Gasteiger partial charge in [-0.2, -0.15) is 9.50 Å². The van der Waals surface area contributed by atoms with Crippen LogP contribution in [0, 0.1) is 13.8 Å². The van der Waals surface area contributed by atoms with Gasteiger partial charge in [-0.3, -0.25) is 9.89 Å². The molecular formula is C23H25N5O2. The normalized spacial score (nSPS) is 14.2. The van der Waals surface area contributed by atoms with Crippen LogP contribution in [-0.4, -0.2) is 24.7 Å². The predicted octanol–water partition coefficient (Wildman–Crippen LogP) is 3.86. The quantitative estimate of drug-likeness (QED) is 0.601. The van der Waals surface area contributed by atoms with E-state index in [2.05, 4.69) is 27.3 Å². The van der Waals surface area contributed by atoms with Crippen molar-refractivity contribution in [3.05, 3.63) is 86.7 Å². The molecule has 1 aliphatic rings. The van der Waals surface area contributed by atoms with E-state index in [1.165, 1.54) is 16.1 Å². The number of benzene rings is 1. The number of allylic oxidation sites excluding steroid dienone is 4. The van der Waals surface area contributed by atoms with Crippen molar-refractivity contribution < 1.29 is 5.11 Å². The monoisotopic (exact) mass is 403 g/mol. The van der Waals surface area contributed by atoms with E-state index in [1.54, 1.807) is 6.08 Å². The number of fused-ring (bicyclic) bond motifs is 1. The largest absolute Gasteiger partial charge is 0.508 e. The molecule has 0 saturated heterocycles. The smallest absolute Gasteiger partial charge is 0.274 e. The Kier molecular flexibility index (Phi) is 5.27. The van der Waals surface area contributed by atoms with E-state index in [0.29, 0.717) is 36.0 Å². The van der Waals surface area contributed by atoms with Crippen molar-refractivity contribution in [1.82, 2.24) is 24.9 Å². The minimum Gasteiger partial charge on any atom is -0.508 e. The van der Waals surface area contributed by atoms with Crippen LogP contribution in [0.2, 0.25) is 0 Å².